The standard InChI is InChI=1S/C13H18BrNO3S/c1-8(13(17)18)4-3-5-9(2)15-12(16)10-6-11(14)19-7-10/h6-9H,3-5H2,1-2H3,(H,15,16)(H,17,18). The highest BCUT2D eigenvalue weighted by Crippen LogP contribution is 2.20. The molecule has 1 aromatic rings. The predicted octanol–water partition coefficient (Wildman–Crippen LogP) is 3.52. The van der Waals surface area contributed by atoms with Gasteiger partial charge in [-0.3, -0.25) is 9.59 Å². The first kappa shape index (κ1) is 16.2. The van der Waals surface area contributed by atoms with Crippen LogP contribution in [0.15, 0.2) is 15.2 Å². The van der Waals surface area contributed by atoms with Crippen molar-refractivity contribution in [2.24, 2.45) is 5.92 Å². The van der Waals surface area contributed by atoms with Gasteiger partial charge in [0.1, 0.15) is 0 Å². The van der Waals surface area contributed by atoms with Gasteiger partial charge < -0.3 is 10.4 Å². The maximum absolute atomic E-state index is 11.9. The number of hydrogen-bond acceptors (Lipinski definition) is 3. The van der Waals surface area contributed by atoms with E-state index in [-0.39, 0.29) is 17.9 Å². The summed E-state index contributed by atoms with van der Waals surface area (Å²) in [6.07, 6.45) is 2.22. The molecule has 0 aromatic carbocycles. The Kier molecular flexibility index (Phi) is 6.51. The van der Waals surface area contributed by atoms with Crippen molar-refractivity contribution < 1.29 is 14.7 Å². The number of nitrogens with one attached hydrogen (secondary N) is 1. The number of carbonyl (C=O) groups excluding carboxylic acids is 1. The molecule has 2 unspecified atom stereocenters. The van der Waals surface area contributed by atoms with E-state index in [1.807, 2.05) is 6.92 Å². The molecule has 1 rings (SSSR count). The van der Waals surface area contributed by atoms with Crippen LogP contribution in [0.4, 0.5) is 0 Å². The van der Waals surface area contributed by atoms with E-state index in [9.17, 15) is 9.59 Å². The second kappa shape index (κ2) is 7.65. The Morgan fingerprint density at radius 2 is 2.11 bits per heavy atom. The molecule has 0 aliphatic carbocycles. The third kappa shape index (κ3) is 5.74. The molecule has 6 heteroatoms. The minimum absolute atomic E-state index is 0.0483. The van der Waals surface area contributed by atoms with Gasteiger partial charge in [0.25, 0.3) is 5.91 Å². The first-order valence-electron chi connectivity index (χ1n) is 6.18. The highest BCUT2D eigenvalue weighted by atomic mass is 79.9. The zero-order valence-corrected chi connectivity index (χ0v) is 13.4. The van der Waals surface area contributed by atoms with Gasteiger partial charge in [0, 0.05) is 11.4 Å². The summed E-state index contributed by atoms with van der Waals surface area (Å²) < 4.78 is 0.931. The van der Waals surface area contributed by atoms with Crippen molar-refractivity contribution in [2.75, 3.05) is 0 Å². The zero-order chi connectivity index (χ0) is 14.4. The van der Waals surface area contributed by atoms with Crippen LogP contribution in [0.1, 0.15) is 43.5 Å². The van der Waals surface area contributed by atoms with Crippen LogP contribution in [-0.4, -0.2) is 23.0 Å². The molecule has 0 radical (unpaired) electrons. The number of aliphatic carboxylic acids is 1. The van der Waals surface area contributed by atoms with E-state index in [4.69, 9.17) is 5.11 Å². The second-order valence-corrected chi connectivity index (χ2v) is 6.97. The number of thiophene rings is 1. The summed E-state index contributed by atoms with van der Waals surface area (Å²) in [4.78, 5) is 22.5. The Labute approximate surface area is 125 Å². The molecule has 0 bridgehead atoms. The lowest BCUT2D eigenvalue weighted by molar-refractivity contribution is -0.141. The van der Waals surface area contributed by atoms with E-state index in [1.54, 1.807) is 18.4 Å². The van der Waals surface area contributed by atoms with Crippen molar-refractivity contribution in [3.05, 3.63) is 20.8 Å². The van der Waals surface area contributed by atoms with Gasteiger partial charge in [-0.05, 0) is 41.8 Å². The minimum atomic E-state index is -0.764. The lowest BCUT2D eigenvalue weighted by atomic mass is 10.0. The number of hydrogen-bond donors (Lipinski definition) is 2. The topological polar surface area (TPSA) is 66.4 Å². The largest absolute Gasteiger partial charge is 0.481 e. The Morgan fingerprint density at radius 3 is 2.63 bits per heavy atom. The van der Waals surface area contributed by atoms with Gasteiger partial charge in [-0.15, -0.1) is 11.3 Å². The number of halogens is 1. The number of carbonyl (C=O) groups is 2. The highest BCUT2D eigenvalue weighted by Gasteiger charge is 2.13. The van der Waals surface area contributed by atoms with Gasteiger partial charge in [-0.1, -0.05) is 13.3 Å². The first-order chi connectivity index (χ1) is 8.90. The average molecular weight is 348 g/mol. The Morgan fingerprint density at radius 1 is 1.42 bits per heavy atom. The molecule has 1 aromatic heterocycles. The van der Waals surface area contributed by atoms with E-state index in [2.05, 4.69) is 21.2 Å². The lowest BCUT2D eigenvalue weighted by Gasteiger charge is -2.14. The van der Waals surface area contributed by atoms with Crippen LogP contribution in [0.3, 0.4) is 0 Å². The molecule has 0 aliphatic heterocycles. The van der Waals surface area contributed by atoms with E-state index in [0.29, 0.717) is 12.0 Å². The summed E-state index contributed by atoms with van der Waals surface area (Å²) in [5, 5.41) is 13.5. The van der Waals surface area contributed by atoms with Crippen LogP contribution in [0.25, 0.3) is 0 Å². The van der Waals surface area contributed by atoms with Gasteiger partial charge in [0.05, 0.1) is 15.3 Å². The van der Waals surface area contributed by atoms with Crippen LogP contribution in [0, 0.1) is 5.92 Å². The van der Waals surface area contributed by atoms with Crippen molar-refractivity contribution in [1.82, 2.24) is 5.32 Å². The molecule has 1 amide bonds. The van der Waals surface area contributed by atoms with E-state index >= 15 is 0 Å². The van der Waals surface area contributed by atoms with Gasteiger partial charge in [-0.25, -0.2) is 0 Å². The molecule has 0 fully saturated rings. The van der Waals surface area contributed by atoms with Gasteiger partial charge >= 0.3 is 5.97 Å². The normalized spacial score (nSPS) is 13.8. The smallest absolute Gasteiger partial charge is 0.306 e. The molecule has 0 saturated carbocycles. The minimum Gasteiger partial charge on any atom is -0.481 e. The van der Waals surface area contributed by atoms with Crippen LogP contribution in [0.5, 0.6) is 0 Å². The Hall–Kier alpha value is -0.880. The number of carboxylic acid groups (broad SMARTS) is 1. The van der Waals surface area contributed by atoms with Gasteiger partial charge in [0.2, 0.25) is 0 Å². The second-order valence-electron chi connectivity index (χ2n) is 4.68. The van der Waals surface area contributed by atoms with Crippen LogP contribution in [0.2, 0.25) is 0 Å². The number of carboxylic acids is 1. The van der Waals surface area contributed by atoms with Crippen molar-refractivity contribution in [3.8, 4) is 0 Å². The molecule has 0 saturated heterocycles. The predicted molar refractivity (Wildman–Crippen MR) is 79.6 cm³/mol. The van der Waals surface area contributed by atoms with Crippen molar-refractivity contribution >= 4 is 39.1 Å². The van der Waals surface area contributed by atoms with Crippen LogP contribution >= 0.6 is 27.3 Å². The van der Waals surface area contributed by atoms with Gasteiger partial charge in [-0.2, -0.15) is 0 Å². The molecular weight excluding hydrogens is 330 g/mol. The third-order valence-corrected chi connectivity index (χ3v) is 4.41. The molecule has 1 heterocycles. The average Bonchev–Trinajstić information content (AvgIpc) is 2.75. The monoisotopic (exact) mass is 347 g/mol. The summed E-state index contributed by atoms with van der Waals surface area (Å²) >= 11 is 4.80. The molecule has 19 heavy (non-hydrogen) atoms. The fraction of sp³-hybridized carbons (Fsp3) is 0.538. The van der Waals surface area contributed by atoms with Crippen molar-refractivity contribution in [1.29, 1.82) is 0 Å². The quantitative estimate of drug-likeness (QED) is 0.792. The molecule has 0 aliphatic rings. The molecule has 4 nitrogen and oxygen atoms in total. The zero-order valence-electron chi connectivity index (χ0n) is 11.0. The van der Waals surface area contributed by atoms with Gasteiger partial charge in [0.15, 0.2) is 0 Å². The Bertz CT molecular complexity index is 447. The Balaban J connectivity index is 2.29. The number of rotatable bonds is 7. The summed E-state index contributed by atoms with van der Waals surface area (Å²) in [6.45, 7) is 3.64. The lowest BCUT2D eigenvalue weighted by Crippen LogP contribution is -2.32. The fourth-order valence-electron chi connectivity index (χ4n) is 1.66. The highest BCUT2D eigenvalue weighted by molar-refractivity contribution is 9.11. The molecule has 2 N–H and O–H groups in total. The first-order valence-corrected chi connectivity index (χ1v) is 7.85. The maximum Gasteiger partial charge on any atom is 0.306 e. The summed E-state index contributed by atoms with van der Waals surface area (Å²) in [7, 11) is 0. The number of amides is 1. The third-order valence-electron chi connectivity index (χ3n) is 2.90. The maximum atomic E-state index is 11.9. The molecule has 2 atom stereocenters. The summed E-state index contributed by atoms with van der Waals surface area (Å²) in [5.74, 6) is -1.17. The van der Waals surface area contributed by atoms with Crippen LogP contribution in [-0.2, 0) is 4.79 Å². The molecule has 0 spiro atoms. The van der Waals surface area contributed by atoms with Crippen molar-refractivity contribution in [3.63, 3.8) is 0 Å². The van der Waals surface area contributed by atoms with E-state index < -0.39 is 5.97 Å². The molecular formula is C13H18BrNO3S. The fourth-order valence-corrected chi connectivity index (χ4v) is 2.80. The van der Waals surface area contributed by atoms with E-state index in [0.717, 1.165) is 16.6 Å². The van der Waals surface area contributed by atoms with Crippen molar-refractivity contribution in [2.45, 2.75) is 39.2 Å². The molecule has 106 valence electrons. The SMILES string of the molecule is CC(CCCC(C)C(=O)O)NC(=O)c1csc(Br)c1. The summed E-state index contributed by atoms with van der Waals surface area (Å²) in [5.41, 5.74) is 0.655. The van der Waals surface area contributed by atoms with Crippen LogP contribution < -0.4 is 5.32 Å². The van der Waals surface area contributed by atoms with E-state index in [1.165, 1.54) is 11.3 Å². The summed E-state index contributed by atoms with van der Waals surface area (Å²) in [6, 6.07) is 1.84.